The van der Waals surface area contributed by atoms with Crippen LogP contribution in [0.5, 0.6) is 0 Å². The van der Waals surface area contributed by atoms with E-state index in [2.05, 4.69) is 0 Å². The summed E-state index contributed by atoms with van der Waals surface area (Å²) in [6.45, 7) is 4.04. The van der Waals surface area contributed by atoms with Crippen LogP contribution in [0, 0.1) is 5.82 Å². The summed E-state index contributed by atoms with van der Waals surface area (Å²) in [7, 11) is 0. The Labute approximate surface area is 178 Å². The molecule has 166 valence electrons. The quantitative estimate of drug-likeness (QED) is 0.529. The smallest absolute Gasteiger partial charge is 0.378 e. The Balaban J connectivity index is 1.77. The lowest BCUT2D eigenvalue weighted by molar-refractivity contribution is -0.162. The summed E-state index contributed by atoms with van der Waals surface area (Å²) in [4.78, 5) is 14.2. The molecule has 31 heavy (non-hydrogen) atoms. The highest BCUT2D eigenvalue weighted by Gasteiger charge is 2.41. The van der Waals surface area contributed by atoms with Crippen LogP contribution in [0.4, 0.5) is 23.2 Å². The molecule has 0 bridgehead atoms. The number of ether oxygens (including phenoxy) is 1. The Morgan fingerprint density at radius 3 is 2.61 bits per heavy atom. The van der Waals surface area contributed by atoms with Crippen molar-refractivity contribution < 1.29 is 27.1 Å². The minimum atomic E-state index is -4.68. The normalized spacial score (nSPS) is 15.8. The number of anilines is 1. The highest BCUT2D eigenvalue weighted by atomic mass is 19.4. The molecule has 1 saturated heterocycles. The molecule has 1 heterocycles. The summed E-state index contributed by atoms with van der Waals surface area (Å²) < 4.78 is 60.1. The van der Waals surface area contributed by atoms with Gasteiger partial charge in [-0.15, -0.1) is 0 Å². The van der Waals surface area contributed by atoms with E-state index in [1.807, 2.05) is 17.1 Å². The number of carbonyl (C=O) groups is 1. The molecule has 0 aliphatic carbocycles. The monoisotopic (exact) mass is 436 g/mol. The SMILES string of the molecule is CCc1cc(F)cc(/C=C/C(=O)NC(c2cccc(N3CCOCC3)c2)C(F)(F)F)c1. The van der Waals surface area contributed by atoms with E-state index in [9.17, 15) is 22.4 Å². The molecule has 0 saturated carbocycles. The minimum absolute atomic E-state index is 0.0581. The second-order valence-electron chi connectivity index (χ2n) is 7.26. The summed E-state index contributed by atoms with van der Waals surface area (Å²) in [6.07, 6.45) is -1.80. The molecule has 1 aliphatic rings. The second kappa shape index (κ2) is 9.96. The molecule has 0 spiro atoms. The number of hydrogen-bond donors (Lipinski definition) is 1. The van der Waals surface area contributed by atoms with Gasteiger partial charge in [0.1, 0.15) is 5.82 Å². The topological polar surface area (TPSA) is 41.6 Å². The molecule has 0 radical (unpaired) electrons. The van der Waals surface area contributed by atoms with Crippen molar-refractivity contribution in [2.75, 3.05) is 31.2 Å². The Hall–Kier alpha value is -2.87. The fourth-order valence-corrected chi connectivity index (χ4v) is 3.41. The number of aryl methyl sites for hydroxylation is 1. The Morgan fingerprint density at radius 1 is 1.19 bits per heavy atom. The lowest BCUT2D eigenvalue weighted by Gasteiger charge is -2.30. The Kier molecular flexibility index (Phi) is 7.33. The van der Waals surface area contributed by atoms with E-state index in [1.165, 1.54) is 30.3 Å². The Morgan fingerprint density at radius 2 is 1.94 bits per heavy atom. The summed E-state index contributed by atoms with van der Waals surface area (Å²) in [6, 6.07) is 8.16. The van der Waals surface area contributed by atoms with Crippen LogP contribution < -0.4 is 10.2 Å². The molecule has 1 fully saturated rings. The van der Waals surface area contributed by atoms with E-state index in [-0.39, 0.29) is 5.56 Å². The van der Waals surface area contributed by atoms with Crippen LogP contribution in [0.25, 0.3) is 6.08 Å². The standard InChI is InChI=1S/C23H24F4N2O2/c1-2-16-12-17(14-19(24)13-16)6-7-21(30)28-22(23(25,26)27)18-4-3-5-20(15-18)29-8-10-31-11-9-29/h3-7,12-15,22H,2,8-11H2,1H3,(H,28,30)/b7-6+. The number of morpholine rings is 1. The number of carbonyl (C=O) groups excluding carboxylic acids is 1. The maximum absolute atomic E-state index is 13.7. The number of benzene rings is 2. The molecule has 1 atom stereocenters. The first kappa shape index (κ1) is 22.8. The molecule has 2 aromatic rings. The zero-order valence-corrected chi connectivity index (χ0v) is 17.1. The predicted octanol–water partition coefficient (Wildman–Crippen LogP) is 4.66. The van der Waals surface area contributed by atoms with Crippen LogP contribution in [-0.2, 0) is 16.0 Å². The molecule has 2 aromatic carbocycles. The largest absolute Gasteiger partial charge is 0.412 e. The van der Waals surface area contributed by atoms with Crippen LogP contribution in [0.2, 0.25) is 0 Å². The average molecular weight is 436 g/mol. The number of nitrogens with zero attached hydrogens (tertiary/aromatic N) is 1. The van der Waals surface area contributed by atoms with Crippen molar-refractivity contribution in [2.24, 2.45) is 0 Å². The van der Waals surface area contributed by atoms with E-state index in [1.54, 1.807) is 18.2 Å². The summed E-state index contributed by atoms with van der Waals surface area (Å²) in [5, 5.41) is 2.03. The number of hydrogen-bond acceptors (Lipinski definition) is 3. The van der Waals surface area contributed by atoms with Gasteiger partial charge in [-0.25, -0.2) is 4.39 Å². The maximum atomic E-state index is 13.7. The van der Waals surface area contributed by atoms with E-state index in [0.29, 0.717) is 44.0 Å². The molecule has 8 heteroatoms. The van der Waals surface area contributed by atoms with E-state index < -0.39 is 23.9 Å². The second-order valence-corrected chi connectivity index (χ2v) is 7.26. The van der Waals surface area contributed by atoms with E-state index >= 15 is 0 Å². The van der Waals surface area contributed by atoms with Crippen molar-refractivity contribution in [3.05, 3.63) is 71.0 Å². The van der Waals surface area contributed by atoms with Crippen molar-refractivity contribution >= 4 is 17.7 Å². The highest BCUT2D eigenvalue weighted by molar-refractivity contribution is 5.92. The molecular formula is C23H24F4N2O2. The molecule has 1 amide bonds. The number of amides is 1. The Bertz CT molecular complexity index is 937. The van der Waals surface area contributed by atoms with Gasteiger partial charge in [0.05, 0.1) is 13.2 Å². The van der Waals surface area contributed by atoms with Crippen LogP contribution in [0.15, 0.2) is 48.5 Å². The van der Waals surface area contributed by atoms with Crippen molar-refractivity contribution in [1.29, 1.82) is 0 Å². The summed E-state index contributed by atoms with van der Waals surface area (Å²) in [5.74, 6) is -1.38. The maximum Gasteiger partial charge on any atom is 0.412 e. The molecule has 1 N–H and O–H groups in total. The predicted molar refractivity (Wildman–Crippen MR) is 111 cm³/mol. The van der Waals surface area contributed by atoms with Gasteiger partial charge in [-0.3, -0.25) is 4.79 Å². The van der Waals surface area contributed by atoms with Crippen LogP contribution in [0.1, 0.15) is 29.7 Å². The summed E-state index contributed by atoms with van der Waals surface area (Å²) >= 11 is 0. The molecule has 0 aromatic heterocycles. The van der Waals surface area contributed by atoms with Gasteiger partial charge >= 0.3 is 6.18 Å². The molecular weight excluding hydrogens is 412 g/mol. The molecule has 1 unspecified atom stereocenters. The van der Waals surface area contributed by atoms with Crippen molar-refractivity contribution in [3.8, 4) is 0 Å². The third-order valence-corrected chi connectivity index (χ3v) is 5.01. The van der Waals surface area contributed by atoms with Gasteiger partial charge in [-0.2, -0.15) is 13.2 Å². The first-order valence-electron chi connectivity index (χ1n) is 10.0. The van der Waals surface area contributed by atoms with Crippen LogP contribution >= 0.6 is 0 Å². The van der Waals surface area contributed by atoms with Gasteiger partial charge < -0.3 is 15.0 Å². The fraction of sp³-hybridized carbons (Fsp3) is 0.348. The number of alkyl halides is 3. The lowest BCUT2D eigenvalue weighted by atomic mass is 10.0. The first-order chi connectivity index (χ1) is 14.8. The third kappa shape index (κ3) is 6.30. The number of rotatable bonds is 6. The molecule has 4 nitrogen and oxygen atoms in total. The van der Waals surface area contributed by atoms with E-state index in [4.69, 9.17) is 4.74 Å². The fourth-order valence-electron chi connectivity index (χ4n) is 3.41. The van der Waals surface area contributed by atoms with Gasteiger partial charge in [0, 0.05) is 24.9 Å². The molecule has 3 rings (SSSR count). The highest BCUT2D eigenvalue weighted by Crippen LogP contribution is 2.34. The van der Waals surface area contributed by atoms with Gasteiger partial charge in [0.2, 0.25) is 5.91 Å². The zero-order chi connectivity index (χ0) is 22.4. The van der Waals surface area contributed by atoms with Gasteiger partial charge in [-0.1, -0.05) is 25.1 Å². The van der Waals surface area contributed by atoms with Crippen LogP contribution in [-0.4, -0.2) is 38.4 Å². The summed E-state index contributed by atoms with van der Waals surface area (Å²) in [5.41, 5.74) is 1.72. The van der Waals surface area contributed by atoms with Crippen molar-refractivity contribution in [2.45, 2.75) is 25.6 Å². The van der Waals surface area contributed by atoms with Crippen molar-refractivity contribution in [1.82, 2.24) is 5.32 Å². The van der Waals surface area contributed by atoms with E-state index in [0.717, 1.165) is 11.6 Å². The van der Waals surface area contributed by atoms with Crippen LogP contribution in [0.3, 0.4) is 0 Å². The zero-order valence-electron chi connectivity index (χ0n) is 17.1. The van der Waals surface area contributed by atoms with Gasteiger partial charge in [-0.05, 0) is 53.5 Å². The van der Waals surface area contributed by atoms with Gasteiger partial charge in [0.15, 0.2) is 6.04 Å². The minimum Gasteiger partial charge on any atom is -0.378 e. The first-order valence-corrected chi connectivity index (χ1v) is 10.0. The third-order valence-electron chi connectivity index (χ3n) is 5.01. The lowest BCUT2D eigenvalue weighted by Crippen LogP contribution is -2.38. The number of nitrogens with one attached hydrogen (secondary N) is 1. The molecule has 1 aliphatic heterocycles. The van der Waals surface area contributed by atoms with Gasteiger partial charge in [0.25, 0.3) is 0 Å². The van der Waals surface area contributed by atoms with Crippen molar-refractivity contribution in [3.63, 3.8) is 0 Å². The average Bonchev–Trinajstić information content (AvgIpc) is 2.75. The number of halogens is 4.